The van der Waals surface area contributed by atoms with Crippen molar-refractivity contribution in [2.24, 2.45) is 0 Å². The molecule has 0 bridgehead atoms. The van der Waals surface area contributed by atoms with Gasteiger partial charge in [0.2, 0.25) is 0 Å². The molecule has 1 rings (SSSR count). The van der Waals surface area contributed by atoms with Crippen molar-refractivity contribution in [3.63, 3.8) is 0 Å². The topological polar surface area (TPSA) is 78.7 Å². The van der Waals surface area contributed by atoms with Gasteiger partial charge in [0.05, 0.1) is 25.2 Å². The summed E-state index contributed by atoms with van der Waals surface area (Å²) in [6.45, 7) is 0. The summed E-state index contributed by atoms with van der Waals surface area (Å²) in [5, 5.41) is 11.2. The second kappa shape index (κ2) is 5.62. The van der Waals surface area contributed by atoms with E-state index >= 15 is 0 Å². The van der Waals surface area contributed by atoms with Crippen LogP contribution in [-0.2, 0) is 10.1 Å². The van der Waals surface area contributed by atoms with Crippen molar-refractivity contribution >= 4 is 27.6 Å². The summed E-state index contributed by atoms with van der Waals surface area (Å²) in [4.78, 5) is 21.8. The summed E-state index contributed by atoms with van der Waals surface area (Å²) in [5.74, 6) is -0.424. The zero-order chi connectivity index (χ0) is 13.0. The Morgan fingerprint density at radius 1 is 1.47 bits per heavy atom. The second-order valence-electron chi connectivity index (χ2n) is 3.06. The van der Waals surface area contributed by atoms with Gasteiger partial charge < -0.3 is 9.47 Å². The van der Waals surface area contributed by atoms with Gasteiger partial charge in [0, 0.05) is 5.33 Å². The number of nitro groups is 1. The zero-order valence-electron chi connectivity index (χ0n) is 9.23. The molecule has 0 heterocycles. The third-order valence-electron chi connectivity index (χ3n) is 2.14. The predicted molar refractivity (Wildman–Crippen MR) is 63.6 cm³/mol. The quantitative estimate of drug-likeness (QED) is 0.369. The average molecular weight is 304 g/mol. The van der Waals surface area contributed by atoms with E-state index in [2.05, 4.69) is 20.7 Å². The fraction of sp³-hybridized carbons (Fsp3) is 0.300. The number of benzene rings is 1. The van der Waals surface area contributed by atoms with E-state index in [1.807, 2.05) is 0 Å². The number of esters is 1. The smallest absolute Gasteiger partial charge is 0.345 e. The van der Waals surface area contributed by atoms with Crippen LogP contribution in [0.25, 0.3) is 0 Å². The number of ether oxygens (including phenoxy) is 2. The Labute approximate surface area is 106 Å². The van der Waals surface area contributed by atoms with Crippen LogP contribution < -0.4 is 4.74 Å². The summed E-state index contributed by atoms with van der Waals surface area (Å²) in [6.07, 6.45) is 0. The van der Waals surface area contributed by atoms with E-state index in [0.717, 1.165) is 0 Å². The van der Waals surface area contributed by atoms with Gasteiger partial charge in [-0.25, -0.2) is 4.79 Å². The van der Waals surface area contributed by atoms with E-state index in [1.54, 1.807) is 6.07 Å². The van der Waals surface area contributed by atoms with Crippen molar-refractivity contribution < 1.29 is 19.2 Å². The maximum absolute atomic E-state index is 11.5. The molecule has 0 aliphatic carbocycles. The van der Waals surface area contributed by atoms with Gasteiger partial charge in [-0.1, -0.05) is 15.9 Å². The number of carbonyl (C=O) groups is 1. The maximum atomic E-state index is 11.5. The van der Waals surface area contributed by atoms with Crippen LogP contribution in [-0.4, -0.2) is 25.1 Å². The van der Waals surface area contributed by atoms with Crippen molar-refractivity contribution in [3.8, 4) is 5.75 Å². The number of nitro benzene ring substituents is 1. The number of alkyl halides is 1. The first kappa shape index (κ1) is 13.4. The standard InChI is InChI=1S/C10H10BrNO5/c1-16-7-3-6(5-11)9(10(13)17-2)8(4-7)12(14)15/h3-4H,5H2,1-2H3. The Morgan fingerprint density at radius 2 is 2.12 bits per heavy atom. The summed E-state index contributed by atoms with van der Waals surface area (Å²) in [5.41, 5.74) is 0.0590. The molecule has 0 aromatic heterocycles. The van der Waals surface area contributed by atoms with E-state index in [9.17, 15) is 14.9 Å². The number of methoxy groups -OCH3 is 2. The van der Waals surface area contributed by atoms with Crippen LogP contribution >= 0.6 is 15.9 Å². The first-order valence-corrected chi connectivity index (χ1v) is 5.66. The normalized spacial score (nSPS) is 9.82. The highest BCUT2D eigenvalue weighted by Gasteiger charge is 2.26. The van der Waals surface area contributed by atoms with Gasteiger partial charge in [0.1, 0.15) is 11.3 Å². The van der Waals surface area contributed by atoms with Gasteiger partial charge in [0.15, 0.2) is 0 Å². The molecule has 0 fully saturated rings. The van der Waals surface area contributed by atoms with Gasteiger partial charge in [-0.3, -0.25) is 10.1 Å². The molecule has 0 atom stereocenters. The Balaban J connectivity index is 3.52. The first-order valence-electron chi connectivity index (χ1n) is 4.54. The Kier molecular flexibility index (Phi) is 4.45. The van der Waals surface area contributed by atoms with E-state index in [0.29, 0.717) is 11.3 Å². The fourth-order valence-corrected chi connectivity index (χ4v) is 1.80. The van der Waals surface area contributed by atoms with Crippen molar-refractivity contribution in [3.05, 3.63) is 33.4 Å². The number of halogens is 1. The molecule has 0 N–H and O–H groups in total. The molecule has 0 aliphatic heterocycles. The van der Waals surface area contributed by atoms with Crippen LogP contribution in [0.1, 0.15) is 15.9 Å². The fourth-order valence-electron chi connectivity index (χ4n) is 1.36. The van der Waals surface area contributed by atoms with Crippen LogP contribution in [0.4, 0.5) is 5.69 Å². The first-order chi connectivity index (χ1) is 8.04. The highest BCUT2D eigenvalue weighted by Crippen LogP contribution is 2.30. The minimum atomic E-state index is -0.742. The van der Waals surface area contributed by atoms with Crippen molar-refractivity contribution in [1.29, 1.82) is 0 Å². The Bertz CT molecular complexity index is 460. The third-order valence-corrected chi connectivity index (χ3v) is 2.74. The molecule has 6 nitrogen and oxygen atoms in total. The summed E-state index contributed by atoms with van der Waals surface area (Å²) in [7, 11) is 2.57. The van der Waals surface area contributed by atoms with Gasteiger partial charge in [-0.2, -0.15) is 0 Å². The van der Waals surface area contributed by atoms with Crippen LogP contribution in [0.2, 0.25) is 0 Å². The van der Waals surface area contributed by atoms with E-state index < -0.39 is 10.9 Å². The molecule has 92 valence electrons. The molecule has 17 heavy (non-hydrogen) atoms. The number of nitrogens with zero attached hydrogens (tertiary/aromatic N) is 1. The SMILES string of the molecule is COC(=O)c1c(CBr)cc(OC)cc1[N+](=O)[O-]. The zero-order valence-corrected chi connectivity index (χ0v) is 10.8. The largest absolute Gasteiger partial charge is 0.496 e. The summed E-state index contributed by atoms with van der Waals surface area (Å²) < 4.78 is 9.48. The van der Waals surface area contributed by atoms with E-state index in [1.165, 1.54) is 20.3 Å². The molecule has 0 spiro atoms. The molecular formula is C10H10BrNO5. The summed E-state index contributed by atoms with van der Waals surface area (Å²) in [6, 6.07) is 2.74. The minimum Gasteiger partial charge on any atom is -0.496 e. The number of hydrogen-bond donors (Lipinski definition) is 0. The highest BCUT2D eigenvalue weighted by atomic mass is 79.9. The van der Waals surface area contributed by atoms with E-state index in [4.69, 9.17) is 4.74 Å². The summed E-state index contributed by atoms with van der Waals surface area (Å²) >= 11 is 3.17. The van der Waals surface area contributed by atoms with Crippen LogP contribution in [0.15, 0.2) is 12.1 Å². The average Bonchev–Trinajstić information content (AvgIpc) is 2.35. The second-order valence-corrected chi connectivity index (χ2v) is 3.62. The lowest BCUT2D eigenvalue weighted by Crippen LogP contribution is -2.09. The molecule has 0 radical (unpaired) electrons. The molecule has 7 heteroatoms. The molecule has 0 aliphatic rings. The van der Waals surface area contributed by atoms with E-state index in [-0.39, 0.29) is 16.6 Å². The maximum Gasteiger partial charge on any atom is 0.345 e. The van der Waals surface area contributed by atoms with Crippen LogP contribution in [0.3, 0.4) is 0 Å². The lowest BCUT2D eigenvalue weighted by Gasteiger charge is -2.08. The van der Waals surface area contributed by atoms with Crippen molar-refractivity contribution in [2.45, 2.75) is 5.33 Å². The van der Waals surface area contributed by atoms with Crippen molar-refractivity contribution in [1.82, 2.24) is 0 Å². The van der Waals surface area contributed by atoms with Crippen LogP contribution in [0, 0.1) is 10.1 Å². The molecule has 1 aromatic carbocycles. The lowest BCUT2D eigenvalue weighted by atomic mass is 10.1. The number of hydrogen-bond acceptors (Lipinski definition) is 5. The lowest BCUT2D eigenvalue weighted by molar-refractivity contribution is -0.385. The number of rotatable bonds is 4. The van der Waals surface area contributed by atoms with Gasteiger partial charge in [-0.15, -0.1) is 0 Å². The molecule has 1 aromatic rings. The third kappa shape index (κ3) is 2.73. The molecule has 0 saturated heterocycles. The molecular weight excluding hydrogens is 294 g/mol. The van der Waals surface area contributed by atoms with Gasteiger partial charge in [0.25, 0.3) is 5.69 Å². The molecule has 0 unspecified atom stereocenters. The van der Waals surface area contributed by atoms with Crippen LogP contribution in [0.5, 0.6) is 5.75 Å². The Morgan fingerprint density at radius 3 is 2.53 bits per heavy atom. The van der Waals surface area contributed by atoms with Gasteiger partial charge in [-0.05, 0) is 11.6 Å². The highest BCUT2D eigenvalue weighted by molar-refractivity contribution is 9.08. The molecule has 0 amide bonds. The minimum absolute atomic E-state index is 0.0600. The Hall–Kier alpha value is -1.63. The molecule has 0 saturated carbocycles. The monoisotopic (exact) mass is 303 g/mol. The van der Waals surface area contributed by atoms with Gasteiger partial charge >= 0.3 is 5.97 Å². The van der Waals surface area contributed by atoms with Crippen molar-refractivity contribution in [2.75, 3.05) is 14.2 Å². The predicted octanol–water partition coefficient (Wildman–Crippen LogP) is 2.28. The number of carbonyl (C=O) groups excluding carboxylic acids is 1.